The minimum atomic E-state index is -0.686. The number of nitrogens with zero attached hydrogens (tertiary/aromatic N) is 1. The molecule has 0 saturated carbocycles. The van der Waals surface area contributed by atoms with Crippen LogP contribution in [0, 0.1) is 5.92 Å². The van der Waals surface area contributed by atoms with Crippen LogP contribution in [-0.2, 0) is 14.3 Å². The fourth-order valence-corrected chi connectivity index (χ4v) is 3.23. The topological polar surface area (TPSA) is 76.1 Å². The van der Waals surface area contributed by atoms with Gasteiger partial charge in [-0.3, -0.25) is 9.59 Å². The van der Waals surface area contributed by atoms with Crippen molar-refractivity contribution in [2.75, 3.05) is 20.3 Å². The first kappa shape index (κ1) is 21.0. The Bertz CT molecular complexity index is 723. The summed E-state index contributed by atoms with van der Waals surface area (Å²) in [5.41, 5.74) is 0.830. The van der Waals surface area contributed by atoms with Crippen molar-refractivity contribution in [1.29, 1.82) is 0 Å². The van der Waals surface area contributed by atoms with Crippen molar-refractivity contribution in [1.82, 2.24) is 4.90 Å². The zero-order valence-electron chi connectivity index (χ0n) is 16.7. The van der Waals surface area contributed by atoms with Crippen LogP contribution >= 0.6 is 0 Å². The zero-order valence-corrected chi connectivity index (χ0v) is 16.7. The highest BCUT2D eigenvalue weighted by molar-refractivity contribution is 6.09. The molecule has 1 aromatic carbocycles. The summed E-state index contributed by atoms with van der Waals surface area (Å²) in [6.45, 7) is 8.25. The summed E-state index contributed by atoms with van der Waals surface area (Å²) in [6.07, 6.45) is 0.192. The van der Waals surface area contributed by atoms with Crippen molar-refractivity contribution in [3.05, 3.63) is 41.2 Å². The number of methoxy groups -OCH3 is 1. The van der Waals surface area contributed by atoms with Crippen LogP contribution in [-0.4, -0.2) is 48.1 Å². The van der Waals surface area contributed by atoms with Crippen LogP contribution in [0.5, 0.6) is 5.75 Å². The summed E-state index contributed by atoms with van der Waals surface area (Å²) in [7, 11) is 1.55. The molecule has 1 N–H and O–H groups in total. The second-order valence-electron chi connectivity index (χ2n) is 7.38. The lowest BCUT2D eigenvalue weighted by Gasteiger charge is -2.28. The van der Waals surface area contributed by atoms with Gasteiger partial charge in [-0.25, -0.2) is 0 Å². The molecule has 0 saturated heterocycles. The molecule has 1 aromatic rings. The predicted octanol–water partition coefficient (Wildman–Crippen LogP) is 3.43. The largest absolute Gasteiger partial charge is 0.503 e. The maximum atomic E-state index is 12.9. The fraction of sp³-hybridized carbons (Fsp3) is 0.524. The third-order valence-corrected chi connectivity index (χ3v) is 4.31. The van der Waals surface area contributed by atoms with Gasteiger partial charge in [0.05, 0.1) is 24.3 Å². The minimum Gasteiger partial charge on any atom is -0.503 e. The summed E-state index contributed by atoms with van der Waals surface area (Å²) in [4.78, 5) is 27.1. The van der Waals surface area contributed by atoms with E-state index in [1.165, 1.54) is 4.90 Å². The number of carbonyl (C=O) groups is 2. The van der Waals surface area contributed by atoms with Gasteiger partial charge in [0.1, 0.15) is 5.75 Å². The van der Waals surface area contributed by atoms with E-state index < -0.39 is 17.7 Å². The molecule has 1 heterocycles. The van der Waals surface area contributed by atoms with Gasteiger partial charge in [-0.15, -0.1) is 0 Å². The molecule has 1 unspecified atom stereocenters. The highest BCUT2D eigenvalue weighted by Gasteiger charge is 2.44. The van der Waals surface area contributed by atoms with Gasteiger partial charge >= 0.3 is 0 Å². The van der Waals surface area contributed by atoms with Crippen LogP contribution in [0.4, 0.5) is 0 Å². The maximum absolute atomic E-state index is 12.9. The van der Waals surface area contributed by atoms with Crippen LogP contribution in [0.25, 0.3) is 0 Å². The predicted molar refractivity (Wildman–Crippen MR) is 103 cm³/mol. The number of amides is 1. The Hall–Kier alpha value is -2.34. The van der Waals surface area contributed by atoms with Crippen LogP contribution in [0.3, 0.4) is 0 Å². The van der Waals surface area contributed by atoms with Crippen molar-refractivity contribution in [2.24, 2.45) is 5.92 Å². The number of hydrogen-bond donors (Lipinski definition) is 1. The second kappa shape index (κ2) is 9.04. The second-order valence-corrected chi connectivity index (χ2v) is 7.38. The van der Waals surface area contributed by atoms with E-state index in [1.807, 2.05) is 52.0 Å². The molecule has 1 atom stereocenters. The van der Waals surface area contributed by atoms with E-state index in [1.54, 1.807) is 7.11 Å². The van der Waals surface area contributed by atoms with E-state index in [0.717, 1.165) is 0 Å². The van der Waals surface area contributed by atoms with Gasteiger partial charge in [-0.2, -0.15) is 0 Å². The summed E-state index contributed by atoms with van der Waals surface area (Å²) in [6, 6.07) is 6.64. The molecule has 0 spiro atoms. The lowest BCUT2D eigenvalue weighted by Crippen LogP contribution is -2.34. The van der Waals surface area contributed by atoms with Crippen LogP contribution in [0.15, 0.2) is 35.6 Å². The third kappa shape index (κ3) is 4.69. The number of carbonyl (C=O) groups excluding carboxylic acids is 2. The molecule has 27 heavy (non-hydrogen) atoms. The van der Waals surface area contributed by atoms with Gasteiger partial charge in [0.2, 0.25) is 0 Å². The lowest BCUT2D eigenvalue weighted by molar-refractivity contribution is -0.130. The average molecular weight is 375 g/mol. The zero-order chi connectivity index (χ0) is 20.1. The van der Waals surface area contributed by atoms with Crippen LogP contribution < -0.4 is 4.74 Å². The van der Waals surface area contributed by atoms with Gasteiger partial charge in [0.15, 0.2) is 11.5 Å². The monoisotopic (exact) mass is 375 g/mol. The van der Waals surface area contributed by atoms with Crippen molar-refractivity contribution < 1.29 is 24.2 Å². The van der Waals surface area contributed by atoms with E-state index >= 15 is 0 Å². The van der Waals surface area contributed by atoms with Crippen LogP contribution in [0.2, 0.25) is 0 Å². The van der Waals surface area contributed by atoms with E-state index in [-0.39, 0.29) is 36.3 Å². The summed E-state index contributed by atoms with van der Waals surface area (Å²) in [5.74, 6) is -0.536. The Morgan fingerprint density at radius 2 is 1.89 bits per heavy atom. The Balaban J connectivity index is 2.55. The smallest absolute Gasteiger partial charge is 0.290 e. The molecule has 6 nitrogen and oxygen atoms in total. The molecule has 1 aliphatic rings. The summed E-state index contributed by atoms with van der Waals surface area (Å²) < 4.78 is 11.0. The van der Waals surface area contributed by atoms with Gasteiger partial charge in [0.25, 0.3) is 5.91 Å². The van der Waals surface area contributed by atoms with E-state index in [9.17, 15) is 14.7 Å². The first-order valence-corrected chi connectivity index (χ1v) is 9.29. The number of rotatable bonds is 9. The number of hydrogen-bond acceptors (Lipinski definition) is 5. The molecule has 0 fully saturated rings. The molecule has 1 amide bonds. The Morgan fingerprint density at radius 3 is 2.48 bits per heavy atom. The quantitative estimate of drug-likeness (QED) is 0.716. The molecule has 0 bridgehead atoms. The molecule has 148 valence electrons. The van der Waals surface area contributed by atoms with Crippen molar-refractivity contribution in [3.63, 3.8) is 0 Å². The normalized spacial score (nSPS) is 17.4. The van der Waals surface area contributed by atoms with Crippen LogP contribution in [0.1, 0.15) is 45.7 Å². The standard InChI is InChI=1S/C21H29NO5/c1-13(2)12-16(23)18-19(22(10-11-26-5)21(25)20(18)24)15-8-6-7-9-17(15)27-14(3)4/h6-9,13-14,19,24H,10-12H2,1-5H3. The van der Waals surface area contributed by atoms with Crippen molar-refractivity contribution in [2.45, 2.75) is 46.3 Å². The summed E-state index contributed by atoms with van der Waals surface area (Å²) in [5, 5.41) is 10.5. The highest BCUT2D eigenvalue weighted by atomic mass is 16.5. The maximum Gasteiger partial charge on any atom is 0.290 e. The molecule has 6 heteroatoms. The Kier molecular flexibility index (Phi) is 7.02. The lowest BCUT2D eigenvalue weighted by atomic mass is 9.91. The number of Topliss-reactive ketones (excluding diaryl/α,β-unsaturated/α-hetero) is 1. The number of ketones is 1. The molecule has 2 rings (SSSR count). The third-order valence-electron chi connectivity index (χ3n) is 4.31. The molecular formula is C21H29NO5. The van der Waals surface area contributed by atoms with E-state index in [0.29, 0.717) is 17.9 Å². The SMILES string of the molecule is COCCN1C(=O)C(O)=C(C(=O)CC(C)C)C1c1ccccc1OC(C)C. The molecule has 0 aliphatic carbocycles. The first-order chi connectivity index (χ1) is 12.8. The number of ether oxygens (including phenoxy) is 2. The Labute approximate surface area is 160 Å². The van der Waals surface area contributed by atoms with Gasteiger partial charge in [-0.05, 0) is 25.8 Å². The number of aliphatic hydroxyl groups excluding tert-OH is 1. The minimum absolute atomic E-state index is 0.0666. The molecule has 1 aliphatic heterocycles. The van der Waals surface area contributed by atoms with Crippen molar-refractivity contribution >= 4 is 11.7 Å². The van der Waals surface area contributed by atoms with Gasteiger partial charge in [-0.1, -0.05) is 32.0 Å². The van der Waals surface area contributed by atoms with Crippen molar-refractivity contribution in [3.8, 4) is 5.75 Å². The number of aliphatic hydroxyl groups is 1. The van der Waals surface area contributed by atoms with E-state index in [2.05, 4.69) is 0 Å². The Morgan fingerprint density at radius 1 is 1.22 bits per heavy atom. The number of para-hydroxylation sites is 1. The number of benzene rings is 1. The molecular weight excluding hydrogens is 346 g/mol. The molecule has 0 aromatic heterocycles. The molecule has 0 radical (unpaired) electrons. The fourth-order valence-electron chi connectivity index (χ4n) is 3.23. The highest BCUT2D eigenvalue weighted by Crippen LogP contribution is 2.42. The summed E-state index contributed by atoms with van der Waals surface area (Å²) >= 11 is 0. The first-order valence-electron chi connectivity index (χ1n) is 9.29. The average Bonchev–Trinajstić information content (AvgIpc) is 2.83. The van der Waals surface area contributed by atoms with Gasteiger partial charge < -0.3 is 19.5 Å². The van der Waals surface area contributed by atoms with Gasteiger partial charge in [0, 0.05) is 25.6 Å². The van der Waals surface area contributed by atoms with E-state index in [4.69, 9.17) is 9.47 Å².